The number of carbonyl (C=O) groups is 2. The van der Waals surface area contributed by atoms with Crippen LogP contribution in [0.3, 0.4) is 0 Å². The fraction of sp³-hybridized carbons (Fsp3) is 0.333. The Labute approximate surface area is 193 Å². The van der Waals surface area contributed by atoms with Crippen LogP contribution in [0, 0.1) is 0 Å². The first-order valence-corrected chi connectivity index (χ1v) is 13.5. The number of anilines is 1. The van der Waals surface area contributed by atoms with Crippen molar-refractivity contribution in [2.45, 2.75) is 22.6 Å². The molecule has 12 heteroatoms. The van der Waals surface area contributed by atoms with Gasteiger partial charge in [0.2, 0.25) is 10.0 Å². The second-order valence-corrected chi connectivity index (χ2v) is 12.0. The van der Waals surface area contributed by atoms with E-state index in [1.807, 2.05) is 4.90 Å². The summed E-state index contributed by atoms with van der Waals surface area (Å²) in [5, 5.41) is 0. The minimum absolute atomic E-state index is 0.0386. The van der Waals surface area contributed by atoms with E-state index in [1.165, 1.54) is 50.5 Å². The molecule has 0 spiro atoms. The van der Waals surface area contributed by atoms with E-state index >= 15 is 0 Å². The molecule has 1 aliphatic rings. The second-order valence-electron chi connectivity index (χ2n) is 7.87. The molecule has 1 fully saturated rings. The zero-order chi connectivity index (χ0) is 24.4. The van der Waals surface area contributed by atoms with E-state index in [0.717, 1.165) is 36.5 Å². The molecule has 0 atom stereocenters. The van der Waals surface area contributed by atoms with Crippen LogP contribution < -0.4 is 15.8 Å². The topological polar surface area (TPSA) is 133 Å². The normalized spacial score (nSPS) is 14.4. The SMILES string of the molecule is CN(C)S(=O)(=O)c1ccc(N2CCCC2)c(C(=O)NNC(=O)c2ccc(S(C)(=O)=O)cc2)c1. The van der Waals surface area contributed by atoms with Gasteiger partial charge in [0.15, 0.2) is 9.84 Å². The van der Waals surface area contributed by atoms with Gasteiger partial charge in [-0.2, -0.15) is 0 Å². The molecule has 10 nitrogen and oxygen atoms in total. The summed E-state index contributed by atoms with van der Waals surface area (Å²) in [6, 6.07) is 9.62. The Bertz CT molecular complexity index is 1270. The number of sulfonamides is 1. The van der Waals surface area contributed by atoms with Gasteiger partial charge in [-0.3, -0.25) is 20.4 Å². The molecule has 1 aliphatic heterocycles. The van der Waals surface area contributed by atoms with E-state index in [2.05, 4.69) is 10.9 Å². The minimum Gasteiger partial charge on any atom is -0.371 e. The predicted molar refractivity (Wildman–Crippen MR) is 123 cm³/mol. The lowest BCUT2D eigenvalue weighted by atomic mass is 10.1. The monoisotopic (exact) mass is 494 g/mol. The summed E-state index contributed by atoms with van der Waals surface area (Å²) in [5.74, 6) is -1.32. The van der Waals surface area contributed by atoms with Gasteiger partial charge in [-0.25, -0.2) is 21.1 Å². The van der Waals surface area contributed by atoms with E-state index in [0.29, 0.717) is 5.69 Å². The van der Waals surface area contributed by atoms with E-state index in [9.17, 15) is 26.4 Å². The summed E-state index contributed by atoms with van der Waals surface area (Å²) in [6.07, 6.45) is 2.98. The first-order chi connectivity index (χ1) is 15.4. The summed E-state index contributed by atoms with van der Waals surface area (Å²) in [7, 11) is -4.36. The third kappa shape index (κ3) is 5.52. The first-order valence-electron chi connectivity index (χ1n) is 10.1. The molecular weight excluding hydrogens is 468 g/mol. The number of rotatable bonds is 6. The Morgan fingerprint density at radius 2 is 1.39 bits per heavy atom. The van der Waals surface area contributed by atoms with Gasteiger partial charge in [0.1, 0.15) is 0 Å². The molecule has 2 N–H and O–H groups in total. The smallest absolute Gasteiger partial charge is 0.271 e. The quantitative estimate of drug-likeness (QED) is 0.573. The number of benzene rings is 2. The van der Waals surface area contributed by atoms with Gasteiger partial charge in [-0.1, -0.05) is 0 Å². The van der Waals surface area contributed by atoms with Gasteiger partial charge in [0.05, 0.1) is 15.4 Å². The summed E-state index contributed by atoms with van der Waals surface area (Å²) in [5.41, 5.74) is 5.45. The van der Waals surface area contributed by atoms with Crippen LogP contribution in [0.2, 0.25) is 0 Å². The van der Waals surface area contributed by atoms with Crippen LogP contribution in [0.15, 0.2) is 52.3 Å². The number of amides is 2. The molecule has 178 valence electrons. The Kier molecular flexibility index (Phi) is 7.10. The maximum atomic E-state index is 13.0. The van der Waals surface area contributed by atoms with Gasteiger partial charge in [-0.05, 0) is 55.3 Å². The van der Waals surface area contributed by atoms with Crippen molar-refractivity contribution in [1.29, 1.82) is 0 Å². The molecule has 33 heavy (non-hydrogen) atoms. The maximum absolute atomic E-state index is 13.0. The van der Waals surface area contributed by atoms with E-state index in [-0.39, 0.29) is 20.9 Å². The Balaban J connectivity index is 1.83. The standard InChI is InChI=1S/C21H26N4O6S2/c1-24(2)33(30,31)17-10-11-19(25-12-4-5-13-25)18(14-17)21(27)23-22-20(26)15-6-8-16(9-7-15)32(3,28)29/h6-11,14H,4-5,12-13H2,1-3H3,(H,22,26)(H,23,27). The molecule has 0 saturated carbocycles. The fourth-order valence-electron chi connectivity index (χ4n) is 3.41. The highest BCUT2D eigenvalue weighted by atomic mass is 32.2. The molecule has 0 unspecified atom stereocenters. The van der Waals surface area contributed by atoms with Crippen molar-refractivity contribution in [3.8, 4) is 0 Å². The molecule has 1 saturated heterocycles. The largest absolute Gasteiger partial charge is 0.371 e. The Morgan fingerprint density at radius 3 is 1.94 bits per heavy atom. The second kappa shape index (κ2) is 9.49. The fourth-order valence-corrected chi connectivity index (χ4v) is 4.97. The van der Waals surface area contributed by atoms with Crippen molar-refractivity contribution in [2.24, 2.45) is 0 Å². The van der Waals surface area contributed by atoms with Gasteiger partial charge < -0.3 is 4.90 Å². The van der Waals surface area contributed by atoms with Crippen molar-refractivity contribution in [2.75, 3.05) is 38.3 Å². The van der Waals surface area contributed by atoms with E-state index in [4.69, 9.17) is 0 Å². The van der Waals surface area contributed by atoms with Crippen LogP contribution >= 0.6 is 0 Å². The van der Waals surface area contributed by atoms with Gasteiger partial charge in [0, 0.05) is 44.7 Å². The zero-order valence-electron chi connectivity index (χ0n) is 18.5. The predicted octanol–water partition coefficient (Wildman–Crippen LogP) is 1.02. The van der Waals surface area contributed by atoms with Crippen LogP contribution in [0.4, 0.5) is 5.69 Å². The van der Waals surface area contributed by atoms with Crippen molar-refractivity contribution in [1.82, 2.24) is 15.2 Å². The average Bonchev–Trinajstić information content (AvgIpc) is 3.31. The van der Waals surface area contributed by atoms with Gasteiger partial charge in [0.25, 0.3) is 11.8 Å². The first kappa shape index (κ1) is 24.7. The molecule has 2 aromatic rings. The highest BCUT2D eigenvalue weighted by Crippen LogP contribution is 2.28. The lowest BCUT2D eigenvalue weighted by molar-refractivity contribution is 0.0847. The summed E-state index contributed by atoms with van der Waals surface area (Å²) >= 11 is 0. The average molecular weight is 495 g/mol. The third-order valence-corrected chi connectivity index (χ3v) is 8.21. The summed E-state index contributed by atoms with van der Waals surface area (Å²) in [6.45, 7) is 1.47. The molecule has 0 aliphatic carbocycles. The number of nitrogens with one attached hydrogen (secondary N) is 2. The maximum Gasteiger partial charge on any atom is 0.271 e. The zero-order valence-corrected chi connectivity index (χ0v) is 20.2. The van der Waals surface area contributed by atoms with Crippen LogP contribution in [0.1, 0.15) is 33.6 Å². The molecule has 1 heterocycles. The highest BCUT2D eigenvalue weighted by molar-refractivity contribution is 7.90. The molecular formula is C21H26N4O6S2. The number of hydrogen-bond acceptors (Lipinski definition) is 7. The molecule has 2 aromatic carbocycles. The van der Waals surface area contributed by atoms with Crippen molar-refractivity contribution in [3.05, 3.63) is 53.6 Å². The van der Waals surface area contributed by atoms with Crippen molar-refractivity contribution >= 4 is 37.4 Å². The lowest BCUT2D eigenvalue weighted by Crippen LogP contribution is -2.42. The molecule has 0 bridgehead atoms. The van der Waals surface area contributed by atoms with Crippen LogP contribution in [-0.2, 0) is 19.9 Å². The van der Waals surface area contributed by atoms with Gasteiger partial charge >= 0.3 is 0 Å². The van der Waals surface area contributed by atoms with Crippen LogP contribution in [-0.4, -0.2) is 66.4 Å². The number of hydrazine groups is 1. The minimum atomic E-state index is -3.77. The summed E-state index contributed by atoms with van der Waals surface area (Å²) < 4.78 is 49.3. The summed E-state index contributed by atoms with van der Waals surface area (Å²) in [4.78, 5) is 27.4. The van der Waals surface area contributed by atoms with E-state index in [1.54, 1.807) is 6.07 Å². The number of carbonyl (C=O) groups excluding carboxylic acids is 2. The number of sulfone groups is 1. The van der Waals surface area contributed by atoms with Crippen molar-refractivity contribution in [3.63, 3.8) is 0 Å². The Morgan fingerprint density at radius 1 is 0.848 bits per heavy atom. The molecule has 0 aromatic heterocycles. The molecule has 3 rings (SSSR count). The van der Waals surface area contributed by atoms with Gasteiger partial charge in [-0.15, -0.1) is 0 Å². The van der Waals surface area contributed by atoms with Crippen LogP contribution in [0.5, 0.6) is 0 Å². The highest BCUT2D eigenvalue weighted by Gasteiger charge is 2.25. The lowest BCUT2D eigenvalue weighted by Gasteiger charge is -2.22. The van der Waals surface area contributed by atoms with E-state index < -0.39 is 31.7 Å². The molecule has 0 radical (unpaired) electrons. The van der Waals surface area contributed by atoms with Crippen molar-refractivity contribution < 1.29 is 26.4 Å². The molecule has 2 amide bonds. The third-order valence-electron chi connectivity index (χ3n) is 5.27. The number of hydrogen-bond donors (Lipinski definition) is 2. The van der Waals surface area contributed by atoms with Crippen LogP contribution in [0.25, 0.3) is 0 Å². The number of nitrogens with zero attached hydrogens (tertiary/aromatic N) is 2. The Hall–Kier alpha value is -2.96.